The summed E-state index contributed by atoms with van der Waals surface area (Å²) in [6, 6.07) is 0. The monoisotopic (exact) mass is 174 g/mol. The first-order valence-corrected chi connectivity index (χ1v) is 4.53. The lowest BCUT2D eigenvalue weighted by molar-refractivity contribution is -0.118. The lowest BCUT2D eigenvalue weighted by atomic mass is 10.2. The van der Waals surface area contributed by atoms with Crippen LogP contribution in [-0.4, -0.2) is 12.6 Å². The number of hydrogen-bond donors (Lipinski definition) is 0. The standard InChI is InChI=1S/C6H12O.C3H8.CH2O/c1-3-5-6(7)4-2;1-3-2;1-2/h3-5H2,1-2H3;3H2,1-2H3;1H2. The van der Waals surface area contributed by atoms with Crippen molar-refractivity contribution in [3.05, 3.63) is 0 Å². The molecule has 0 aromatic heterocycles. The van der Waals surface area contributed by atoms with Crippen LogP contribution in [-0.2, 0) is 9.59 Å². The molecule has 0 heterocycles. The van der Waals surface area contributed by atoms with E-state index in [4.69, 9.17) is 4.79 Å². The van der Waals surface area contributed by atoms with Crippen LogP contribution < -0.4 is 0 Å². The zero-order valence-corrected chi connectivity index (χ0v) is 8.85. The van der Waals surface area contributed by atoms with Gasteiger partial charge < -0.3 is 4.79 Å². The van der Waals surface area contributed by atoms with Gasteiger partial charge in [0.25, 0.3) is 0 Å². The maximum atomic E-state index is 10.4. The van der Waals surface area contributed by atoms with E-state index in [2.05, 4.69) is 13.8 Å². The number of carbonyl (C=O) groups is 2. The fraction of sp³-hybridized carbons (Fsp3) is 0.800. The normalized spacial score (nSPS) is 7.00. The molecular weight excluding hydrogens is 152 g/mol. The summed E-state index contributed by atoms with van der Waals surface area (Å²) < 4.78 is 0. The molecule has 0 aliphatic heterocycles. The van der Waals surface area contributed by atoms with Crippen LogP contribution >= 0.6 is 0 Å². The highest BCUT2D eigenvalue weighted by Crippen LogP contribution is 1.90. The number of carbonyl (C=O) groups excluding carboxylic acids is 2. The highest BCUT2D eigenvalue weighted by molar-refractivity contribution is 5.77. The summed E-state index contributed by atoms with van der Waals surface area (Å²) in [5.74, 6) is 0.377. The minimum Gasteiger partial charge on any atom is -0.307 e. The molecule has 2 nitrogen and oxygen atoms in total. The summed E-state index contributed by atoms with van der Waals surface area (Å²) in [6.45, 7) is 10.2. The SMILES string of the molecule is C=O.CCC.CCCC(=O)CC. The van der Waals surface area contributed by atoms with Crippen molar-refractivity contribution >= 4 is 12.6 Å². The molecule has 0 N–H and O–H groups in total. The fourth-order valence-electron chi connectivity index (χ4n) is 0.456. The highest BCUT2D eigenvalue weighted by atomic mass is 16.1. The summed E-state index contributed by atoms with van der Waals surface area (Å²) in [5, 5.41) is 0. The maximum Gasteiger partial charge on any atom is 0.132 e. The van der Waals surface area contributed by atoms with E-state index < -0.39 is 0 Å². The largest absolute Gasteiger partial charge is 0.307 e. The number of rotatable bonds is 3. The van der Waals surface area contributed by atoms with Crippen LogP contribution in [0.1, 0.15) is 53.4 Å². The number of hydrogen-bond acceptors (Lipinski definition) is 2. The molecule has 0 aromatic rings. The van der Waals surface area contributed by atoms with Gasteiger partial charge >= 0.3 is 0 Å². The third-order valence-corrected chi connectivity index (χ3v) is 0.923. The van der Waals surface area contributed by atoms with Gasteiger partial charge in [-0.25, -0.2) is 0 Å². The Morgan fingerprint density at radius 2 is 1.42 bits per heavy atom. The second-order valence-corrected chi connectivity index (χ2v) is 2.35. The molecule has 0 aliphatic rings. The first kappa shape index (κ1) is 17.4. The minimum atomic E-state index is 0.377. The molecule has 0 bridgehead atoms. The Kier molecular flexibility index (Phi) is 32.6. The quantitative estimate of drug-likeness (QED) is 0.659. The first-order chi connectivity index (χ1) is 5.72. The van der Waals surface area contributed by atoms with Gasteiger partial charge in [-0.3, -0.25) is 4.79 Å². The third-order valence-electron chi connectivity index (χ3n) is 0.923. The summed E-state index contributed by atoms with van der Waals surface area (Å²) >= 11 is 0. The average Bonchev–Trinajstić information content (AvgIpc) is 2.10. The smallest absolute Gasteiger partial charge is 0.132 e. The highest BCUT2D eigenvalue weighted by Gasteiger charge is 1.91. The molecule has 0 aromatic carbocycles. The molecule has 0 aliphatic carbocycles. The summed E-state index contributed by atoms with van der Waals surface area (Å²) in [5.41, 5.74) is 0. The second-order valence-electron chi connectivity index (χ2n) is 2.35. The predicted molar refractivity (Wildman–Crippen MR) is 53.3 cm³/mol. The van der Waals surface area contributed by atoms with Crippen molar-refractivity contribution in [3.63, 3.8) is 0 Å². The molecule has 0 radical (unpaired) electrons. The topological polar surface area (TPSA) is 34.1 Å². The van der Waals surface area contributed by atoms with Crippen molar-refractivity contribution in [2.24, 2.45) is 0 Å². The molecule has 0 unspecified atom stereocenters. The van der Waals surface area contributed by atoms with Crippen molar-refractivity contribution in [2.75, 3.05) is 0 Å². The van der Waals surface area contributed by atoms with E-state index in [9.17, 15) is 4.79 Å². The van der Waals surface area contributed by atoms with Crippen LogP contribution in [0.5, 0.6) is 0 Å². The van der Waals surface area contributed by atoms with Gasteiger partial charge in [-0.15, -0.1) is 0 Å². The van der Waals surface area contributed by atoms with Gasteiger partial charge in [0.1, 0.15) is 12.6 Å². The van der Waals surface area contributed by atoms with Crippen LogP contribution in [0, 0.1) is 0 Å². The molecule has 0 amide bonds. The Balaban J connectivity index is -0.000000137. The molecule has 0 saturated heterocycles. The van der Waals surface area contributed by atoms with Crippen molar-refractivity contribution in [2.45, 2.75) is 53.4 Å². The second kappa shape index (κ2) is 22.4. The molecule has 0 fully saturated rings. The van der Waals surface area contributed by atoms with Crippen LogP contribution in [0.15, 0.2) is 0 Å². The Morgan fingerprint density at radius 1 is 1.08 bits per heavy atom. The van der Waals surface area contributed by atoms with Gasteiger partial charge in [0.2, 0.25) is 0 Å². The summed E-state index contributed by atoms with van der Waals surface area (Å²) in [6.07, 6.45) is 3.71. The van der Waals surface area contributed by atoms with Gasteiger partial charge in [0, 0.05) is 12.8 Å². The minimum absolute atomic E-state index is 0.377. The summed E-state index contributed by atoms with van der Waals surface area (Å²) in [4.78, 5) is 18.4. The molecule has 0 spiro atoms. The molecule has 12 heavy (non-hydrogen) atoms. The molecule has 2 heteroatoms. The van der Waals surface area contributed by atoms with Crippen LogP contribution in [0.4, 0.5) is 0 Å². The van der Waals surface area contributed by atoms with Gasteiger partial charge in [0.05, 0.1) is 0 Å². The molecule has 74 valence electrons. The van der Waals surface area contributed by atoms with Crippen molar-refractivity contribution in [1.29, 1.82) is 0 Å². The zero-order chi connectivity index (χ0) is 10.4. The van der Waals surface area contributed by atoms with E-state index in [-0.39, 0.29) is 0 Å². The van der Waals surface area contributed by atoms with Gasteiger partial charge in [-0.2, -0.15) is 0 Å². The maximum absolute atomic E-state index is 10.4. The Morgan fingerprint density at radius 3 is 1.50 bits per heavy atom. The van der Waals surface area contributed by atoms with E-state index in [1.54, 1.807) is 0 Å². The predicted octanol–water partition coefficient (Wildman–Crippen LogP) is 3.00. The van der Waals surface area contributed by atoms with E-state index >= 15 is 0 Å². The third kappa shape index (κ3) is 34.5. The molecular formula is C10H22O2. The van der Waals surface area contributed by atoms with Crippen molar-refractivity contribution < 1.29 is 9.59 Å². The van der Waals surface area contributed by atoms with Gasteiger partial charge in [0.15, 0.2) is 0 Å². The fourth-order valence-corrected chi connectivity index (χ4v) is 0.456. The molecule has 0 atom stereocenters. The zero-order valence-electron chi connectivity index (χ0n) is 8.85. The average molecular weight is 174 g/mol. The van der Waals surface area contributed by atoms with E-state index in [1.165, 1.54) is 6.42 Å². The Labute approximate surface area is 76.4 Å². The van der Waals surface area contributed by atoms with E-state index in [0.717, 1.165) is 12.8 Å². The van der Waals surface area contributed by atoms with Crippen LogP contribution in [0.2, 0.25) is 0 Å². The van der Waals surface area contributed by atoms with Crippen molar-refractivity contribution in [1.82, 2.24) is 0 Å². The van der Waals surface area contributed by atoms with Crippen molar-refractivity contribution in [3.8, 4) is 0 Å². The lowest BCUT2D eigenvalue weighted by Gasteiger charge is -1.87. The molecule has 0 rings (SSSR count). The molecule has 0 saturated carbocycles. The van der Waals surface area contributed by atoms with Gasteiger partial charge in [-0.05, 0) is 6.42 Å². The lowest BCUT2D eigenvalue weighted by Crippen LogP contribution is -1.91. The Hall–Kier alpha value is -0.660. The van der Waals surface area contributed by atoms with Gasteiger partial charge in [-0.1, -0.05) is 34.1 Å². The summed E-state index contributed by atoms with van der Waals surface area (Å²) in [7, 11) is 0. The van der Waals surface area contributed by atoms with Crippen LogP contribution in [0.25, 0.3) is 0 Å². The Bertz CT molecular complexity index is 79.9. The van der Waals surface area contributed by atoms with E-state index in [0.29, 0.717) is 12.2 Å². The van der Waals surface area contributed by atoms with Crippen LogP contribution in [0.3, 0.4) is 0 Å². The van der Waals surface area contributed by atoms with E-state index in [1.807, 2.05) is 20.6 Å². The number of Topliss-reactive ketones (excluding diaryl/α,β-unsaturated/α-hetero) is 1. The first-order valence-electron chi connectivity index (χ1n) is 4.53. The number of ketones is 1.